The normalized spacial score (nSPS) is 14.2. The lowest BCUT2D eigenvalue weighted by molar-refractivity contribution is 0.0720. The summed E-state index contributed by atoms with van der Waals surface area (Å²) in [6, 6.07) is 11.3. The summed E-state index contributed by atoms with van der Waals surface area (Å²) < 4.78 is 43.9. The van der Waals surface area contributed by atoms with Crippen LogP contribution in [0.15, 0.2) is 47.4 Å². The van der Waals surface area contributed by atoms with Crippen LogP contribution in [0.3, 0.4) is 0 Å². The van der Waals surface area contributed by atoms with Crippen molar-refractivity contribution < 1.29 is 27.4 Å². The van der Waals surface area contributed by atoms with Gasteiger partial charge >= 0.3 is 0 Å². The van der Waals surface area contributed by atoms with Crippen LogP contribution >= 0.6 is 0 Å². The zero-order chi connectivity index (χ0) is 22.3. The fourth-order valence-electron chi connectivity index (χ4n) is 3.39. The van der Waals surface area contributed by atoms with Gasteiger partial charge in [0.2, 0.25) is 10.0 Å². The first-order chi connectivity index (χ1) is 14.9. The monoisotopic (exact) mass is 448 g/mol. The Bertz CT molecular complexity index is 986. The molecule has 1 heterocycles. The van der Waals surface area contributed by atoms with E-state index in [4.69, 9.17) is 14.2 Å². The van der Waals surface area contributed by atoms with Crippen molar-refractivity contribution in [2.24, 2.45) is 0 Å². The predicted octanol–water partition coefficient (Wildman–Crippen LogP) is 2.69. The maximum absolute atomic E-state index is 12.9. The average Bonchev–Trinajstić information content (AvgIpc) is 2.82. The van der Waals surface area contributed by atoms with Crippen molar-refractivity contribution in [2.75, 3.05) is 40.5 Å². The number of sulfonamides is 1. The molecule has 1 fully saturated rings. The molecule has 0 aromatic heterocycles. The van der Waals surface area contributed by atoms with Gasteiger partial charge in [0, 0.05) is 19.6 Å². The van der Waals surface area contributed by atoms with Crippen LogP contribution in [0, 0.1) is 0 Å². The van der Waals surface area contributed by atoms with Crippen LogP contribution in [0.2, 0.25) is 0 Å². The van der Waals surface area contributed by atoms with Gasteiger partial charge in [0.15, 0.2) is 0 Å². The van der Waals surface area contributed by atoms with E-state index in [1.807, 2.05) is 0 Å². The number of hydrogen-bond acceptors (Lipinski definition) is 6. The first-order valence-corrected chi connectivity index (χ1v) is 11.7. The molecule has 168 valence electrons. The maximum atomic E-state index is 12.9. The Morgan fingerprint density at radius 2 is 1.65 bits per heavy atom. The molecule has 1 saturated heterocycles. The molecule has 0 saturated carbocycles. The number of benzene rings is 2. The Kier molecular flexibility index (Phi) is 7.75. The second kappa shape index (κ2) is 10.5. The molecule has 0 radical (unpaired) electrons. The number of nitrogens with zero attached hydrogens (tertiary/aromatic N) is 1. The molecule has 1 amide bonds. The van der Waals surface area contributed by atoms with E-state index in [1.165, 1.54) is 25.3 Å². The first kappa shape index (κ1) is 22.9. The summed E-state index contributed by atoms with van der Waals surface area (Å²) in [6.45, 7) is 1.57. The lowest BCUT2D eigenvalue weighted by atomic mass is 10.1. The third-order valence-corrected chi connectivity index (χ3v) is 6.54. The Balaban J connectivity index is 1.64. The quantitative estimate of drug-likeness (QED) is 0.593. The molecule has 1 N–H and O–H groups in total. The second-order valence-electron chi connectivity index (χ2n) is 7.14. The number of nitrogens with one attached hydrogen (secondary N) is 1. The summed E-state index contributed by atoms with van der Waals surface area (Å²) >= 11 is 0. The van der Waals surface area contributed by atoms with Gasteiger partial charge in [-0.15, -0.1) is 0 Å². The van der Waals surface area contributed by atoms with Gasteiger partial charge in [-0.05, 0) is 61.7 Å². The van der Waals surface area contributed by atoms with Crippen LogP contribution in [0.5, 0.6) is 17.2 Å². The molecule has 0 bridgehead atoms. The summed E-state index contributed by atoms with van der Waals surface area (Å²) in [4.78, 5) is 14.7. The van der Waals surface area contributed by atoms with Crippen molar-refractivity contribution >= 4 is 15.9 Å². The second-order valence-corrected chi connectivity index (χ2v) is 8.90. The van der Waals surface area contributed by atoms with E-state index in [9.17, 15) is 13.2 Å². The molecule has 0 spiro atoms. The lowest BCUT2D eigenvalue weighted by Crippen LogP contribution is -2.36. The zero-order valence-corrected chi connectivity index (χ0v) is 18.6. The highest BCUT2D eigenvalue weighted by molar-refractivity contribution is 7.89. The molecule has 0 atom stereocenters. The smallest absolute Gasteiger partial charge is 0.257 e. The number of methoxy groups -OCH3 is 2. The number of amides is 1. The van der Waals surface area contributed by atoms with Crippen LogP contribution in [0.1, 0.15) is 29.6 Å². The largest absolute Gasteiger partial charge is 0.497 e. The third kappa shape index (κ3) is 5.89. The summed E-state index contributed by atoms with van der Waals surface area (Å²) in [5.41, 5.74) is 0.252. The van der Waals surface area contributed by atoms with E-state index < -0.39 is 10.0 Å². The number of carbonyl (C=O) groups is 1. The van der Waals surface area contributed by atoms with Gasteiger partial charge in [-0.25, -0.2) is 13.1 Å². The SMILES string of the molecule is COc1ccc(OCCNS(=O)(=O)c2ccc(OC)c(C(=O)N3CCCCC3)c2)cc1. The molecule has 1 aliphatic heterocycles. The highest BCUT2D eigenvalue weighted by Crippen LogP contribution is 2.25. The average molecular weight is 449 g/mol. The number of carbonyl (C=O) groups excluding carboxylic acids is 1. The van der Waals surface area contributed by atoms with Crippen molar-refractivity contribution in [3.63, 3.8) is 0 Å². The molecule has 3 rings (SSSR count). The highest BCUT2D eigenvalue weighted by Gasteiger charge is 2.24. The van der Waals surface area contributed by atoms with Crippen molar-refractivity contribution in [2.45, 2.75) is 24.2 Å². The van der Waals surface area contributed by atoms with Crippen LogP contribution in [0.25, 0.3) is 0 Å². The molecule has 2 aromatic rings. The number of likely N-dealkylation sites (tertiary alicyclic amines) is 1. The number of piperidine rings is 1. The summed E-state index contributed by atoms with van der Waals surface area (Å²) in [6.07, 6.45) is 2.99. The molecule has 0 aliphatic carbocycles. The number of ether oxygens (including phenoxy) is 3. The van der Waals surface area contributed by atoms with E-state index in [0.29, 0.717) is 30.3 Å². The van der Waals surface area contributed by atoms with Crippen LogP contribution in [-0.4, -0.2) is 59.7 Å². The van der Waals surface area contributed by atoms with Gasteiger partial charge in [-0.3, -0.25) is 4.79 Å². The first-order valence-electron chi connectivity index (χ1n) is 10.2. The van der Waals surface area contributed by atoms with Crippen molar-refractivity contribution in [1.29, 1.82) is 0 Å². The minimum absolute atomic E-state index is 0.0121. The molecule has 2 aromatic carbocycles. The van der Waals surface area contributed by atoms with Crippen molar-refractivity contribution in [3.8, 4) is 17.2 Å². The summed E-state index contributed by atoms with van der Waals surface area (Å²) in [5, 5.41) is 0. The maximum Gasteiger partial charge on any atom is 0.257 e. The number of hydrogen-bond donors (Lipinski definition) is 1. The summed E-state index contributed by atoms with van der Waals surface area (Å²) in [5.74, 6) is 1.47. The van der Waals surface area contributed by atoms with Gasteiger partial charge in [-0.2, -0.15) is 0 Å². The van der Waals surface area contributed by atoms with Gasteiger partial charge in [0.1, 0.15) is 23.9 Å². The molecule has 0 unspecified atom stereocenters. The van der Waals surface area contributed by atoms with Gasteiger partial charge in [-0.1, -0.05) is 0 Å². The van der Waals surface area contributed by atoms with E-state index in [-0.39, 0.29) is 29.5 Å². The third-order valence-electron chi connectivity index (χ3n) is 5.08. The molecule has 9 heteroatoms. The van der Waals surface area contributed by atoms with E-state index >= 15 is 0 Å². The fourth-order valence-corrected chi connectivity index (χ4v) is 4.43. The Morgan fingerprint density at radius 3 is 2.29 bits per heavy atom. The van der Waals surface area contributed by atoms with E-state index in [2.05, 4.69) is 4.72 Å². The molecule has 8 nitrogen and oxygen atoms in total. The summed E-state index contributed by atoms with van der Waals surface area (Å²) in [7, 11) is -0.771. The lowest BCUT2D eigenvalue weighted by Gasteiger charge is -2.27. The van der Waals surface area contributed by atoms with E-state index in [0.717, 1.165) is 19.3 Å². The predicted molar refractivity (Wildman–Crippen MR) is 116 cm³/mol. The van der Waals surface area contributed by atoms with E-state index in [1.54, 1.807) is 36.3 Å². The van der Waals surface area contributed by atoms with Crippen molar-refractivity contribution in [3.05, 3.63) is 48.0 Å². The van der Waals surface area contributed by atoms with Gasteiger partial charge in [0.25, 0.3) is 5.91 Å². The highest BCUT2D eigenvalue weighted by atomic mass is 32.2. The molecule has 31 heavy (non-hydrogen) atoms. The van der Waals surface area contributed by atoms with Crippen molar-refractivity contribution in [1.82, 2.24) is 9.62 Å². The fraction of sp³-hybridized carbons (Fsp3) is 0.409. The molecular formula is C22H28N2O6S. The topological polar surface area (TPSA) is 94.2 Å². The standard InChI is InChI=1S/C22H28N2O6S/c1-28-17-6-8-18(9-7-17)30-15-12-23-31(26,27)19-10-11-21(29-2)20(16-19)22(25)24-13-4-3-5-14-24/h6-11,16,23H,3-5,12-15H2,1-2H3. The van der Waals surface area contributed by atoms with Crippen LogP contribution in [-0.2, 0) is 10.0 Å². The number of rotatable bonds is 9. The molecule has 1 aliphatic rings. The molecular weight excluding hydrogens is 420 g/mol. The van der Waals surface area contributed by atoms with Gasteiger partial charge < -0.3 is 19.1 Å². The van der Waals surface area contributed by atoms with Crippen LogP contribution < -0.4 is 18.9 Å². The van der Waals surface area contributed by atoms with Crippen LogP contribution in [0.4, 0.5) is 0 Å². The minimum Gasteiger partial charge on any atom is -0.497 e. The minimum atomic E-state index is -3.81. The Labute approximate surface area is 183 Å². The van der Waals surface area contributed by atoms with Gasteiger partial charge in [0.05, 0.1) is 24.7 Å². The Hall–Kier alpha value is -2.78. The Morgan fingerprint density at radius 1 is 0.968 bits per heavy atom. The zero-order valence-electron chi connectivity index (χ0n) is 17.8.